The number of likely N-dealkylation sites (tertiary alicyclic amines) is 1. The predicted octanol–water partition coefficient (Wildman–Crippen LogP) is 4.84. The summed E-state index contributed by atoms with van der Waals surface area (Å²) in [4.78, 5) is 27.5. The summed E-state index contributed by atoms with van der Waals surface area (Å²) in [7, 11) is 0. The minimum atomic E-state index is -0.958. The van der Waals surface area contributed by atoms with E-state index in [4.69, 9.17) is 9.47 Å². The molecule has 38 heavy (non-hydrogen) atoms. The number of rotatable bonds is 4. The molecule has 1 aromatic carbocycles. The molecule has 2 N–H and O–H groups in total. The molecule has 5 rings (SSSR count). The Balaban J connectivity index is 1.40. The number of nitrogens with zero attached hydrogens (tertiary/aromatic N) is 4. The van der Waals surface area contributed by atoms with Gasteiger partial charge in [0.2, 0.25) is 0 Å². The van der Waals surface area contributed by atoms with E-state index >= 15 is 0 Å². The third kappa shape index (κ3) is 5.18. The van der Waals surface area contributed by atoms with Crippen LogP contribution in [0.25, 0.3) is 11.1 Å². The fourth-order valence-corrected chi connectivity index (χ4v) is 5.49. The lowest BCUT2D eigenvalue weighted by Crippen LogP contribution is -2.48. The zero-order valence-corrected chi connectivity index (χ0v) is 22.6. The Kier molecular flexibility index (Phi) is 7.02. The lowest BCUT2D eigenvalue weighted by molar-refractivity contribution is -0.0118. The first kappa shape index (κ1) is 26.3. The largest absolute Gasteiger partial charge is 0.489 e. The van der Waals surface area contributed by atoms with Gasteiger partial charge in [-0.1, -0.05) is 0 Å². The second-order valence-electron chi connectivity index (χ2n) is 11.7. The molecule has 0 radical (unpaired) electrons. The maximum Gasteiger partial charge on any atom is 0.412 e. The van der Waals surface area contributed by atoms with E-state index in [2.05, 4.69) is 5.10 Å². The molecule has 2 fully saturated rings. The molecule has 3 aliphatic rings. The molecule has 1 aliphatic carbocycles. The molecule has 1 saturated heterocycles. The van der Waals surface area contributed by atoms with Crippen molar-refractivity contribution in [2.75, 3.05) is 18.0 Å². The van der Waals surface area contributed by atoms with Crippen molar-refractivity contribution in [2.45, 2.75) is 96.1 Å². The van der Waals surface area contributed by atoms with Crippen molar-refractivity contribution in [2.24, 2.45) is 0 Å². The average molecular weight is 527 g/mol. The van der Waals surface area contributed by atoms with Gasteiger partial charge in [-0.15, -0.1) is 0 Å². The van der Waals surface area contributed by atoms with Gasteiger partial charge >= 0.3 is 12.2 Å². The number of β-amino-alcohol motifs (C(OH)–C–C–N with tert-alkyl or cyclic N) is 1. The van der Waals surface area contributed by atoms with E-state index in [9.17, 15) is 19.8 Å². The lowest BCUT2D eigenvalue weighted by atomic mass is 9.91. The van der Waals surface area contributed by atoms with Gasteiger partial charge < -0.3 is 24.6 Å². The van der Waals surface area contributed by atoms with Crippen LogP contribution in [0.3, 0.4) is 0 Å². The number of aliphatic hydroxyl groups is 1. The van der Waals surface area contributed by atoms with Gasteiger partial charge in [-0.05, 0) is 78.4 Å². The first-order chi connectivity index (χ1) is 18.0. The zero-order valence-electron chi connectivity index (χ0n) is 22.6. The molecule has 0 spiro atoms. The van der Waals surface area contributed by atoms with Gasteiger partial charge in [0.1, 0.15) is 11.4 Å². The molecule has 2 aromatic rings. The molecule has 1 saturated carbocycles. The van der Waals surface area contributed by atoms with E-state index in [1.54, 1.807) is 15.8 Å². The summed E-state index contributed by atoms with van der Waals surface area (Å²) < 4.78 is 13.7. The maximum atomic E-state index is 12.5. The summed E-state index contributed by atoms with van der Waals surface area (Å²) in [5.41, 5.74) is 2.75. The SMILES string of the molecule is C[C@H]1CCc2c(ccc(-c3cnn(C4CCN(C(=O)OC(C)(C)C)CC4O)c3)c2OC2CCC2)N1C(=O)O. The van der Waals surface area contributed by atoms with E-state index in [0.717, 1.165) is 54.5 Å². The van der Waals surface area contributed by atoms with Crippen molar-refractivity contribution >= 4 is 17.9 Å². The number of carbonyl (C=O) groups is 2. The number of hydrogen-bond acceptors (Lipinski definition) is 6. The molecule has 3 atom stereocenters. The first-order valence-electron chi connectivity index (χ1n) is 13.6. The second kappa shape index (κ2) is 10.1. The molecule has 10 heteroatoms. The fourth-order valence-electron chi connectivity index (χ4n) is 5.49. The zero-order chi connectivity index (χ0) is 27.2. The number of carbonyl (C=O) groups excluding carboxylic acids is 1. The highest BCUT2D eigenvalue weighted by Crippen LogP contribution is 2.44. The molecular formula is C28H38N4O6. The molecule has 206 valence electrons. The van der Waals surface area contributed by atoms with Gasteiger partial charge in [0.25, 0.3) is 0 Å². The third-order valence-electron chi connectivity index (χ3n) is 7.74. The van der Waals surface area contributed by atoms with Gasteiger partial charge in [0, 0.05) is 35.5 Å². The number of benzene rings is 1. The van der Waals surface area contributed by atoms with Gasteiger partial charge in [-0.25, -0.2) is 9.59 Å². The summed E-state index contributed by atoms with van der Waals surface area (Å²) in [5, 5.41) is 25.3. The molecule has 3 heterocycles. The number of fused-ring (bicyclic) bond motifs is 1. The number of carboxylic acid groups (broad SMARTS) is 1. The molecule has 10 nitrogen and oxygen atoms in total. The number of aliphatic hydroxyl groups excluding tert-OH is 1. The maximum absolute atomic E-state index is 12.5. The van der Waals surface area contributed by atoms with E-state index in [0.29, 0.717) is 18.7 Å². The third-order valence-corrected chi connectivity index (χ3v) is 7.74. The van der Waals surface area contributed by atoms with Gasteiger partial charge in [0.05, 0.1) is 36.7 Å². The number of hydrogen-bond donors (Lipinski definition) is 2. The summed E-state index contributed by atoms with van der Waals surface area (Å²) in [6.07, 6.45) is 6.76. The van der Waals surface area contributed by atoms with E-state index < -0.39 is 23.9 Å². The van der Waals surface area contributed by atoms with Crippen LogP contribution in [-0.4, -0.2) is 74.0 Å². The Morgan fingerprint density at radius 1 is 1.13 bits per heavy atom. The highest BCUT2D eigenvalue weighted by molar-refractivity contribution is 5.91. The van der Waals surface area contributed by atoms with Crippen LogP contribution in [0.5, 0.6) is 5.75 Å². The van der Waals surface area contributed by atoms with Crippen LogP contribution in [0.1, 0.15) is 71.4 Å². The summed E-state index contributed by atoms with van der Waals surface area (Å²) in [5.74, 6) is 0.741. The Labute approximate surface area is 223 Å². The Morgan fingerprint density at radius 3 is 2.53 bits per heavy atom. The molecular weight excluding hydrogens is 488 g/mol. The quantitative estimate of drug-likeness (QED) is 0.585. The standard InChI is InChI=1S/C28H38N4O6/c1-17-8-9-21-22(32(17)26(34)35)11-10-20(25(21)37-19-6-5-7-19)18-14-29-31(15-18)23-12-13-30(16-24(23)33)27(36)38-28(2,3)4/h10-11,14-15,17,19,23-24,33H,5-9,12-13,16H2,1-4H3,(H,34,35)/t17-,23?,24?/m0/s1. The number of piperidine rings is 1. The molecule has 2 aliphatic heterocycles. The summed E-state index contributed by atoms with van der Waals surface area (Å²) >= 11 is 0. The molecule has 0 bridgehead atoms. The minimum Gasteiger partial charge on any atom is -0.489 e. The van der Waals surface area contributed by atoms with E-state index in [-0.39, 0.29) is 24.7 Å². The predicted molar refractivity (Wildman–Crippen MR) is 142 cm³/mol. The van der Waals surface area contributed by atoms with Crippen molar-refractivity contribution < 1.29 is 29.3 Å². The normalized spacial score (nSPS) is 24.0. The van der Waals surface area contributed by atoms with Gasteiger partial charge in [0.15, 0.2) is 0 Å². The smallest absolute Gasteiger partial charge is 0.412 e. The highest BCUT2D eigenvalue weighted by Gasteiger charge is 2.35. The Morgan fingerprint density at radius 2 is 1.89 bits per heavy atom. The fraction of sp³-hybridized carbons (Fsp3) is 0.607. The van der Waals surface area contributed by atoms with Crippen molar-refractivity contribution in [3.63, 3.8) is 0 Å². The van der Waals surface area contributed by atoms with Gasteiger partial charge in [-0.3, -0.25) is 9.58 Å². The number of aromatic nitrogens is 2. The lowest BCUT2D eigenvalue weighted by Gasteiger charge is -2.36. The monoisotopic (exact) mass is 526 g/mol. The first-order valence-corrected chi connectivity index (χ1v) is 13.6. The van der Waals surface area contributed by atoms with Crippen LogP contribution in [-0.2, 0) is 11.2 Å². The van der Waals surface area contributed by atoms with Crippen LogP contribution in [0.4, 0.5) is 15.3 Å². The minimum absolute atomic E-state index is 0.0989. The van der Waals surface area contributed by atoms with E-state index in [1.807, 2.05) is 46.0 Å². The number of anilines is 1. The van der Waals surface area contributed by atoms with Crippen LogP contribution in [0, 0.1) is 0 Å². The van der Waals surface area contributed by atoms with Crippen molar-refractivity contribution in [3.05, 3.63) is 30.1 Å². The summed E-state index contributed by atoms with van der Waals surface area (Å²) in [6, 6.07) is 3.41. The van der Waals surface area contributed by atoms with Crippen LogP contribution in [0.15, 0.2) is 24.5 Å². The van der Waals surface area contributed by atoms with Crippen molar-refractivity contribution in [3.8, 4) is 16.9 Å². The Hall–Kier alpha value is -3.27. The summed E-state index contributed by atoms with van der Waals surface area (Å²) in [6.45, 7) is 8.03. The number of amides is 2. The van der Waals surface area contributed by atoms with E-state index in [1.165, 1.54) is 4.90 Å². The molecule has 2 amide bonds. The van der Waals surface area contributed by atoms with Gasteiger partial charge in [-0.2, -0.15) is 5.10 Å². The highest BCUT2D eigenvalue weighted by atomic mass is 16.6. The topological polar surface area (TPSA) is 117 Å². The molecule has 2 unspecified atom stereocenters. The van der Waals surface area contributed by atoms with Crippen LogP contribution < -0.4 is 9.64 Å². The second-order valence-corrected chi connectivity index (χ2v) is 11.7. The van der Waals surface area contributed by atoms with Crippen molar-refractivity contribution in [1.82, 2.24) is 14.7 Å². The molecule has 1 aromatic heterocycles. The number of ether oxygens (including phenoxy) is 2. The Bertz CT molecular complexity index is 1200. The van der Waals surface area contributed by atoms with Crippen LogP contribution >= 0.6 is 0 Å². The van der Waals surface area contributed by atoms with Crippen LogP contribution in [0.2, 0.25) is 0 Å². The average Bonchev–Trinajstić information content (AvgIpc) is 3.29. The van der Waals surface area contributed by atoms with Crippen molar-refractivity contribution in [1.29, 1.82) is 0 Å².